The second kappa shape index (κ2) is 5.21. The van der Waals surface area contributed by atoms with Gasteiger partial charge in [-0.3, -0.25) is 9.88 Å². The Hall–Kier alpha value is -0.970. The summed E-state index contributed by atoms with van der Waals surface area (Å²) in [6.45, 7) is 4.79. The molecule has 1 fully saturated rings. The second-order valence-corrected chi connectivity index (χ2v) is 3.93. The van der Waals surface area contributed by atoms with Crippen molar-refractivity contribution in [2.75, 3.05) is 26.2 Å². The molecular weight excluding hydrogens is 188 g/mol. The lowest BCUT2D eigenvalue weighted by Gasteiger charge is -2.35. The third-order valence-electron chi connectivity index (χ3n) is 2.85. The normalized spacial score (nSPS) is 22.9. The highest BCUT2D eigenvalue weighted by Crippen LogP contribution is 2.08. The lowest BCUT2D eigenvalue weighted by molar-refractivity contribution is 0.157. The minimum absolute atomic E-state index is 0.457. The summed E-state index contributed by atoms with van der Waals surface area (Å²) in [5, 5.41) is 3.36. The van der Waals surface area contributed by atoms with E-state index in [1.165, 1.54) is 5.56 Å². The van der Waals surface area contributed by atoms with Crippen molar-refractivity contribution < 1.29 is 0 Å². The van der Waals surface area contributed by atoms with Gasteiger partial charge in [0.25, 0.3) is 0 Å². The molecule has 0 aromatic carbocycles. The number of aromatic nitrogens is 1. The fourth-order valence-electron chi connectivity index (χ4n) is 1.97. The van der Waals surface area contributed by atoms with E-state index in [1.54, 1.807) is 0 Å². The molecule has 1 unspecified atom stereocenters. The molecule has 82 valence electrons. The van der Waals surface area contributed by atoms with Crippen molar-refractivity contribution in [3.05, 3.63) is 30.1 Å². The largest absolute Gasteiger partial charge is 0.329 e. The molecule has 0 aliphatic carbocycles. The number of piperazine rings is 1. The smallest absolute Gasteiger partial charge is 0.0347 e. The molecule has 1 aromatic heterocycles. The topological polar surface area (TPSA) is 54.2 Å². The van der Waals surface area contributed by atoms with Crippen molar-refractivity contribution >= 4 is 0 Å². The molecule has 3 N–H and O–H groups in total. The molecule has 0 amide bonds. The van der Waals surface area contributed by atoms with Gasteiger partial charge in [-0.25, -0.2) is 0 Å². The Kier molecular flexibility index (Phi) is 3.66. The zero-order valence-electron chi connectivity index (χ0n) is 8.89. The van der Waals surface area contributed by atoms with Gasteiger partial charge >= 0.3 is 0 Å². The maximum Gasteiger partial charge on any atom is 0.0347 e. The fraction of sp³-hybridized carbons (Fsp3) is 0.545. The number of rotatable bonds is 3. The molecule has 0 radical (unpaired) electrons. The molecular formula is C11H18N4. The minimum atomic E-state index is 0.457. The summed E-state index contributed by atoms with van der Waals surface area (Å²) in [6, 6.07) is 4.55. The van der Waals surface area contributed by atoms with Gasteiger partial charge in [0.1, 0.15) is 0 Å². The van der Waals surface area contributed by atoms with E-state index in [9.17, 15) is 0 Å². The lowest BCUT2D eigenvalue weighted by Crippen LogP contribution is -2.53. The Labute approximate surface area is 90.5 Å². The van der Waals surface area contributed by atoms with Crippen LogP contribution in [0.3, 0.4) is 0 Å². The number of pyridine rings is 1. The molecule has 1 saturated heterocycles. The Balaban J connectivity index is 1.97. The molecule has 0 spiro atoms. The van der Waals surface area contributed by atoms with E-state index < -0.39 is 0 Å². The third-order valence-corrected chi connectivity index (χ3v) is 2.85. The summed E-state index contributed by atoms with van der Waals surface area (Å²) in [7, 11) is 0. The maximum atomic E-state index is 5.75. The average molecular weight is 206 g/mol. The van der Waals surface area contributed by atoms with Crippen molar-refractivity contribution in [3.8, 4) is 0 Å². The standard InChI is InChI=1S/C11H18N4/c12-6-11-8-14-4-5-15(11)9-10-2-1-3-13-7-10/h1-3,7,11,14H,4-6,8-9,12H2. The second-order valence-electron chi connectivity index (χ2n) is 3.93. The molecule has 15 heavy (non-hydrogen) atoms. The summed E-state index contributed by atoms with van der Waals surface area (Å²) >= 11 is 0. The number of nitrogens with zero attached hydrogens (tertiary/aromatic N) is 2. The Morgan fingerprint density at radius 3 is 3.27 bits per heavy atom. The molecule has 2 heterocycles. The van der Waals surface area contributed by atoms with Crippen LogP contribution in [0.5, 0.6) is 0 Å². The van der Waals surface area contributed by atoms with Crippen LogP contribution in [-0.2, 0) is 6.54 Å². The van der Waals surface area contributed by atoms with E-state index in [0.29, 0.717) is 12.6 Å². The van der Waals surface area contributed by atoms with Crippen LogP contribution >= 0.6 is 0 Å². The Morgan fingerprint density at radius 1 is 1.60 bits per heavy atom. The first kappa shape index (κ1) is 10.5. The van der Waals surface area contributed by atoms with Crippen LogP contribution in [-0.4, -0.2) is 42.1 Å². The van der Waals surface area contributed by atoms with Gasteiger partial charge in [0.05, 0.1) is 0 Å². The lowest BCUT2D eigenvalue weighted by atomic mass is 10.1. The van der Waals surface area contributed by atoms with Gasteiger partial charge in [-0.05, 0) is 11.6 Å². The average Bonchev–Trinajstić information content (AvgIpc) is 2.31. The summed E-state index contributed by atoms with van der Waals surface area (Å²) < 4.78 is 0. The highest BCUT2D eigenvalue weighted by atomic mass is 15.2. The Bertz CT molecular complexity index is 288. The van der Waals surface area contributed by atoms with Crippen molar-refractivity contribution in [3.63, 3.8) is 0 Å². The highest BCUT2D eigenvalue weighted by Gasteiger charge is 2.20. The van der Waals surface area contributed by atoms with Crippen LogP contribution in [0.1, 0.15) is 5.56 Å². The van der Waals surface area contributed by atoms with E-state index in [-0.39, 0.29) is 0 Å². The van der Waals surface area contributed by atoms with E-state index in [1.807, 2.05) is 18.5 Å². The molecule has 1 atom stereocenters. The van der Waals surface area contributed by atoms with Gasteiger partial charge in [0.2, 0.25) is 0 Å². The van der Waals surface area contributed by atoms with Crippen LogP contribution in [0.25, 0.3) is 0 Å². The van der Waals surface area contributed by atoms with E-state index in [4.69, 9.17) is 5.73 Å². The van der Waals surface area contributed by atoms with E-state index in [0.717, 1.165) is 26.2 Å². The first-order valence-electron chi connectivity index (χ1n) is 5.44. The summed E-state index contributed by atoms with van der Waals surface area (Å²) in [5.41, 5.74) is 7.01. The molecule has 0 bridgehead atoms. The van der Waals surface area contributed by atoms with Crippen LogP contribution in [0.2, 0.25) is 0 Å². The van der Waals surface area contributed by atoms with Crippen LogP contribution < -0.4 is 11.1 Å². The minimum Gasteiger partial charge on any atom is -0.329 e. The molecule has 4 heteroatoms. The number of nitrogens with two attached hydrogens (primary N) is 1. The number of hydrogen-bond donors (Lipinski definition) is 2. The van der Waals surface area contributed by atoms with Gasteiger partial charge < -0.3 is 11.1 Å². The Morgan fingerprint density at radius 2 is 2.53 bits per heavy atom. The van der Waals surface area contributed by atoms with Gasteiger partial charge in [-0.15, -0.1) is 0 Å². The van der Waals surface area contributed by atoms with Crippen molar-refractivity contribution in [1.29, 1.82) is 0 Å². The van der Waals surface area contributed by atoms with E-state index in [2.05, 4.69) is 21.3 Å². The zero-order valence-corrected chi connectivity index (χ0v) is 8.89. The highest BCUT2D eigenvalue weighted by molar-refractivity contribution is 5.08. The number of hydrogen-bond acceptors (Lipinski definition) is 4. The molecule has 4 nitrogen and oxygen atoms in total. The summed E-state index contributed by atoms with van der Waals surface area (Å²) in [4.78, 5) is 6.55. The predicted molar refractivity (Wildman–Crippen MR) is 60.4 cm³/mol. The zero-order chi connectivity index (χ0) is 10.5. The first-order valence-corrected chi connectivity index (χ1v) is 5.44. The summed E-state index contributed by atoms with van der Waals surface area (Å²) in [5.74, 6) is 0. The van der Waals surface area contributed by atoms with Crippen LogP contribution in [0, 0.1) is 0 Å². The first-order chi connectivity index (χ1) is 7.40. The quantitative estimate of drug-likeness (QED) is 0.720. The SMILES string of the molecule is NCC1CNCCN1Cc1cccnc1. The molecule has 1 aliphatic rings. The van der Waals surface area contributed by atoms with Crippen molar-refractivity contribution in [2.24, 2.45) is 5.73 Å². The van der Waals surface area contributed by atoms with Crippen molar-refractivity contribution in [2.45, 2.75) is 12.6 Å². The van der Waals surface area contributed by atoms with Crippen LogP contribution in [0.15, 0.2) is 24.5 Å². The van der Waals surface area contributed by atoms with Gasteiger partial charge in [0, 0.05) is 51.2 Å². The predicted octanol–water partition coefficient (Wildman–Crippen LogP) is -0.186. The molecule has 2 rings (SSSR count). The monoisotopic (exact) mass is 206 g/mol. The van der Waals surface area contributed by atoms with Gasteiger partial charge in [-0.1, -0.05) is 6.07 Å². The van der Waals surface area contributed by atoms with Gasteiger partial charge in [0.15, 0.2) is 0 Å². The molecule has 0 saturated carbocycles. The van der Waals surface area contributed by atoms with Crippen molar-refractivity contribution in [1.82, 2.24) is 15.2 Å². The van der Waals surface area contributed by atoms with E-state index >= 15 is 0 Å². The van der Waals surface area contributed by atoms with Crippen LogP contribution in [0.4, 0.5) is 0 Å². The third kappa shape index (κ3) is 2.75. The summed E-state index contributed by atoms with van der Waals surface area (Å²) in [6.07, 6.45) is 3.73. The van der Waals surface area contributed by atoms with Gasteiger partial charge in [-0.2, -0.15) is 0 Å². The molecule has 1 aromatic rings. The number of nitrogens with one attached hydrogen (secondary N) is 1. The molecule has 1 aliphatic heterocycles. The maximum absolute atomic E-state index is 5.75. The fourth-order valence-corrected chi connectivity index (χ4v) is 1.97.